The summed E-state index contributed by atoms with van der Waals surface area (Å²) in [4.78, 5) is 26.0. The standard InChI is InChI=1S/C23H21N5O4/c1-3-32-17-12-10-16(11-13-17)21-19(18(29)14-9-15-7-5-4-6-8-15)20(22(30)31-2)24-23-25-26-27-28(21)23/h4-14,21H,3H2,1-2H3,(H,24,25,27). The van der Waals surface area contributed by atoms with Crippen LogP contribution in [0, 0.1) is 0 Å². The number of tetrazole rings is 1. The fraction of sp³-hybridized carbons (Fsp3) is 0.174. The van der Waals surface area contributed by atoms with Crippen LogP contribution in [0.4, 0.5) is 5.95 Å². The number of anilines is 1. The largest absolute Gasteiger partial charge is 0.494 e. The average molecular weight is 431 g/mol. The predicted molar refractivity (Wildman–Crippen MR) is 117 cm³/mol. The number of allylic oxidation sites excluding steroid dienone is 2. The molecule has 0 bridgehead atoms. The van der Waals surface area contributed by atoms with Crippen LogP contribution in [-0.4, -0.2) is 45.7 Å². The second-order valence-corrected chi connectivity index (χ2v) is 6.87. The summed E-state index contributed by atoms with van der Waals surface area (Å²) in [5.41, 5.74) is 1.73. The first-order valence-electron chi connectivity index (χ1n) is 10.00. The van der Waals surface area contributed by atoms with Crippen LogP contribution in [0.5, 0.6) is 5.75 Å². The fourth-order valence-corrected chi connectivity index (χ4v) is 3.46. The molecule has 1 N–H and O–H groups in total. The van der Waals surface area contributed by atoms with E-state index in [0.29, 0.717) is 17.9 Å². The summed E-state index contributed by atoms with van der Waals surface area (Å²) >= 11 is 0. The molecular formula is C23H21N5O4. The van der Waals surface area contributed by atoms with Crippen molar-refractivity contribution < 1.29 is 19.1 Å². The number of carbonyl (C=O) groups excluding carboxylic acids is 2. The van der Waals surface area contributed by atoms with Gasteiger partial charge < -0.3 is 14.8 Å². The Kier molecular flexibility index (Phi) is 6.07. The van der Waals surface area contributed by atoms with Gasteiger partial charge in [-0.15, -0.1) is 0 Å². The van der Waals surface area contributed by atoms with Crippen molar-refractivity contribution >= 4 is 23.8 Å². The molecule has 2 aromatic carbocycles. The number of hydrogen-bond donors (Lipinski definition) is 1. The molecule has 1 aliphatic rings. The van der Waals surface area contributed by atoms with E-state index in [1.807, 2.05) is 49.4 Å². The van der Waals surface area contributed by atoms with Gasteiger partial charge in [0.1, 0.15) is 17.5 Å². The van der Waals surface area contributed by atoms with E-state index in [0.717, 1.165) is 5.56 Å². The van der Waals surface area contributed by atoms with Crippen molar-refractivity contribution in [3.05, 3.63) is 83.1 Å². The van der Waals surface area contributed by atoms with Crippen molar-refractivity contribution in [1.29, 1.82) is 0 Å². The number of carbonyl (C=O) groups is 2. The number of rotatable bonds is 7. The zero-order valence-corrected chi connectivity index (χ0v) is 17.6. The molecule has 1 aromatic heterocycles. The van der Waals surface area contributed by atoms with Gasteiger partial charge in [0.05, 0.1) is 19.3 Å². The van der Waals surface area contributed by atoms with E-state index < -0.39 is 12.0 Å². The van der Waals surface area contributed by atoms with Crippen LogP contribution < -0.4 is 10.1 Å². The van der Waals surface area contributed by atoms with Crippen molar-refractivity contribution in [2.24, 2.45) is 0 Å². The molecule has 0 saturated heterocycles. The quantitative estimate of drug-likeness (QED) is 0.449. The predicted octanol–water partition coefficient (Wildman–Crippen LogP) is 2.80. The van der Waals surface area contributed by atoms with Crippen molar-refractivity contribution in [1.82, 2.24) is 20.2 Å². The van der Waals surface area contributed by atoms with Gasteiger partial charge in [-0.2, -0.15) is 4.68 Å². The molecule has 2 heterocycles. The van der Waals surface area contributed by atoms with Gasteiger partial charge >= 0.3 is 5.97 Å². The number of ketones is 1. The third-order valence-corrected chi connectivity index (χ3v) is 4.91. The molecule has 32 heavy (non-hydrogen) atoms. The summed E-state index contributed by atoms with van der Waals surface area (Å²) in [6.07, 6.45) is 3.11. The molecule has 1 unspecified atom stereocenters. The highest BCUT2D eigenvalue weighted by molar-refractivity contribution is 6.13. The van der Waals surface area contributed by atoms with Gasteiger partial charge in [-0.3, -0.25) is 4.79 Å². The molecule has 3 aromatic rings. The SMILES string of the molecule is CCOc1ccc(C2C(C(=O)C=Cc3ccccc3)=C(C(=O)OC)Nc3nnnn32)cc1. The first-order valence-corrected chi connectivity index (χ1v) is 10.00. The van der Waals surface area contributed by atoms with Crippen molar-refractivity contribution in [2.75, 3.05) is 19.0 Å². The lowest BCUT2D eigenvalue weighted by atomic mass is 9.91. The van der Waals surface area contributed by atoms with Crippen LogP contribution in [0.1, 0.15) is 24.1 Å². The molecule has 1 atom stereocenters. The summed E-state index contributed by atoms with van der Waals surface area (Å²) in [6.45, 7) is 2.43. The third kappa shape index (κ3) is 4.13. The minimum atomic E-state index is -0.737. The van der Waals surface area contributed by atoms with Crippen LogP contribution in [0.15, 0.2) is 71.9 Å². The highest BCUT2D eigenvalue weighted by atomic mass is 16.5. The molecule has 0 saturated carbocycles. The molecule has 0 amide bonds. The number of benzene rings is 2. The first-order chi connectivity index (χ1) is 15.6. The maximum atomic E-state index is 13.4. The molecule has 0 aliphatic carbocycles. The minimum absolute atomic E-state index is 0.00334. The molecule has 162 valence electrons. The minimum Gasteiger partial charge on any atom is -0.494 e. The Morgan fingerprint density at radius 2 is 1.88 bits per heavy atom. The van der Waals surface area contributed by atoms with Crippen molar-refractivity contribution in [2.45, 2.75) is 13.0 Å². The van der Waals surface area contributed by atoms with E-state index in [2.05, 4.69) is 20.8 Å². The number of nitrogens with zero attached hydrogens (tertiary/aromatic N) is 4. The normalized spacial score (nSPS) is 15.2. The van der Waals surface area contributed by atoms with Gasteiger partial charge in [0.25, 0.3) is 0 Å². The molecule has 9 nitrogen and oxygen atoms in total. The lowest BCUT2D eigenvalue weighted by molar-refractivity contribution is -0.136. The molecule has 0 fully saturated rings. The van der Waals surface area contributed by atoms with Crippen molar-refractivity contribution in [3.8, 4) is 5.75 Å². The Hall–Kier alpha value is -4.27. The highest BCUT2D eigenvalue weighted by Gasteiger charge is 2.37. The number of nitrogens with one attached hydrogen (secondary N) is 1. The van der Waals surface area contributed by atoms with Crippen LogP contribution in [-0.2, 0) is 14.3 Å². The van der Waals surface area contributed by atoms with E-state index in [9.17, 15) is 9.59 Å². The average Bonchev–Trinajstić information content (AvgIpc) is 3.31. The van der Waals surface area contributed by atoms with E-state index in [1.165, 1.54) is 17.9 Å². The summed E-state index contributed by atoms with van der Waals surface area (Å²) in [5, 5.41) is 14.5. The van der Waals surface area contributed by atoms with E-state index in [4.69, 9.17) is 9.47 Å². The van der Waals surface area contributed by atoms with Crippen molar-refractivity contribution in [3.63, 3.8) is 0 Å². The second-order valence-electron chi connectivity index (χ2n) is 6.87. The first kappa shape index (κ1) is 21.0. The van der Waals surface area contributed by atoms with Crippen LogP contribution >= 0.6 is 0 Å². The Morgan fingerprint density at radius 3 is 2.56 bits per heavy atom. The zero-order valence-electron chi connectivity index (χ0n) is 17.6. The summed E-state index contributed by atoms with van der Waals surface area (Å²) in [5.74, 6) is -0.141. The Balaban J connectivity index is 1.81. The lowest BCUT2D eigenvalue weighted by Gasteiger charge is -2.27. The molecule has 0 spiro atoms. The van der Waals surface area contributed by atoms with E-state index in [-0.39, 0.29) is 23.0 Å². The van der Waals surface area contributed by atoms with Crippen LogP contribution in [0.3, 0.4) is 0 Å². The number of aromatic nitrogens is 4. The number of methoxy groups -OCH3 is 1. The topological polar surface area (TPSA) is 108 Å². The maximum Gasteiger partial charge on any atom is 0.355 e. The van der Waals surface area contributed by atoms with Crippen LogP contribution in [0.2, 0.25) is 0 Å². The Labute approximate surface area is 184 Å². The third-order valence-electron chi connectivity index (χ3n) is 4.91. The fourth-order valence-electron chi connectivity index (χ4n) is 3.46. The molecule has 9 heteroatoms. The van der Waals surface area contributed by atoms with Gasteiger partial charge in [0.15, 0.2) is 5.78 Å². The number of esters is 1. The summed E-state index contributed by atoms with van der Waals surface area (Å²) < 4.78 is 11.9. The number of ether oxygens (including phenoxy) is 2. The smallest absolute Gasteiger partial charge is 0.355 e. The van der Waals surface area contributed by atoms with Gasteiger partial charge in [-0.1, -0.05) is 53.6 Å². The molecule has 1 aliphatic heterocycles. The highest BCUT2D eigenvalue weighted by Crippen LogP contribution is 2.36. The van der Waals surface area contributed by atoms with Gasteiger partial charge in [0, 0.05) is 0 Å². The molecular weight excluding hydrogens is 410 g/mol. The monoisotopic (exact) mass is 431 g/mol. The van der Waals surface area contributed by atoms with Gasteiger partial charge in [-0.05, 0) is 46.7 Å². The second kappa shape index (κ2) is 9.25. The zero-order chi connectivity index (χ0) is 22.5. The van der Waals surface area contributed by atoms with E-state index in [1.54, 1.807) is 18.2 Å². The molecule has 4 rings (SSSR count). The van der Waals surface area contributed by atoms with Crippen LogP contribution in [0.25, 0.3) is 6.08 Å². The Morgan fingerprint density at radius 1 is 1.12 bits per heavy atom. The number of hydrogen-bond acceptors (Lipinski definition) is 8. The van der Waals surface area contributed by atoms with Gasteiger partial charge in [-0.25, -0.2) is 4.79 Å². The van der Waals surface area contributed by atoms with Gasteiger partial charge in [0.2, 0.25) is 5.95 Å². The Bertz CT molecular complexity index is 1180. The summed E-state index contributed by atoms with van der Waals surface area (Å²) in [7, 11) is 1.25. The molecule has 0 radical (unpaired) electrons. The maximum absolute atomic E-state index is 13.4. The number of fused-ring (bicyclic) bond motifs is 1. The van der Waals surface area contributed by atoms with E-state index >= 15 is 0 Å². The lowest BCUT2D eigenvalue weighted by Crippen LogP contribution is -2.32. The summed E-state index contributed by atoms with van der Waals surface area (Å²) in [6, 6.07) is 15.9.